The van der Waals surface area contributed by atoms with Crippen molar-refractivity contribution in [2.75, 3.05) is 13.2 Å². The van der Waals surface area contributed by atoms with E-state index in [9.17, 15) is 4.79 Å². The number of likely N-dealkylation sites (tertiary alicyclic amines) is 1. The first-order chi connectivity index (χ1) is 11.1. The number of aromatic nitrogens is 2. The molecule has 6 nitrogen and oxygen atoms in total. The van der Waals surface area contributed by atoms with Crippen molar-refractivity contribution in [1.29, 1.82) is 0 Å². The van der Waals surface area contributed by atoms with Crippen LogP contribution in [0.25, 0.3) is 0 Å². The van der Waals surface area contributed by atoms with Crippen molar-refractivity contribution in [3.05, 3.63) is 41.5 Å². The average molecular weight is 315 g/mol. The van der Waals surface area contributed by atoms with Gasteiger partial charge in [0, 0.05) is 6.54 Å². The summed E-state index contributed by atoms with van der Waals surface area (Å²) in [5, 5.41) is 3.84. The fraction of sp³-hybridized carbons (Fsp3) is 0.471. The average Bonchev–Trinajstić information content (AvgIpc) is 3.00. The molecule has 1 fully saturated rings. The highest BCUT2D eigenvalue weighted by Gasteiger charge is 2.32. The first kappa shape index (κ1) is 15.5. The van der Waals surface area contributed by atoms with Crippen molar-refractivity contribution in [2.45, 2.75) is 39.2 Å². The highest BCUT2D eigenvalue weighted by Crippen LogP contribution is 2.30. The van der Waals surface area contributed by atoms with Crippen molar-refractivity contribution in [2.24, 2.45) is 0 Å². The SMILES string of the molecule is Cc1noc([C@@H]2CCCCN2C(=O)COc2ccccc2C)n1. The van der Waals surface area contributed by atoms with Crippen molar-refractivity contribution in [3.8, 4) is 5.75 Å². The number of hydrogen-bond donors (Lipinski definition) is 0. The lowest BCUT2D eigenvalue weighted by Crippen LogP contribution is -2.41. The van der Waals surface area contributed by atoms with Gasteiger partial charge in [-0.1, -0.05) is 23.4 Å². The number of piperidine rings is 1. The molecule has 2 aromatic rings. The summed E-state index contributed by atoms with van der Waals surface area (Å²) in [4.78, 5) is 18.7. The minimum atomic E-state index is -0.141. The van der Waals surface area contributed by atoms with Gasteiger partial charge in [-0.3, -0.25) is 4.79 Å². The molecule has 1 aliphatic heterocycles. The summed E-state index contributed by atoms with van der Waals surface area (Å²) in [5.74, 6) is 1.80. The molecule has 0 saturated carbocycles. The van der Waals surface area contributed by atoms with E-state index in [1.54, 1.807) is 11.8 Å². The zero-order valence-corrected chi connectivity index (χ0v) is 13.5. The minimum absolute atomic E-state index is 0.0223. The van der Waals surface area contributed by atoms with Crippen molar-refractivity contribution in [3.63, 3.8) is 0 Å². The Morgan fingerprint density at radius 1 is 1.35 bits per heavy atom. The van der Waals surface area contributed by atoms with Crippen molar-refractivity contribution in [1.82, 2.24) is 15.0 Å². The van der Waals surface area contributed by atoms with Crippen LogP contribution in [0.2, 0.25) is 0 Å². The zero-order valence-electron chi connectivity index (χ0n) is 13.5. The van der Waals surface area contributed by atoms with Gasteiger partial charge in [-0.15, -0.1) is 0 Å². The number of aryl methyl sites for hydroxylation is 2. The Morgan fingerprint density at radius 2 is 2.17 bits per heavy atom. The molecule has 3 rings (SSSR count). The predicted octanol–water partition coefficient (Wildman–Crippen LogP) is 2.82. The lowest BCUT2D eigenvalue weighted by atomic mass is 10.0. The summed E-state index contributed by atoms with van der Waals surface area (Å²) in [5.41, 5.74) is 1.02. The number of carbonyl (C=O) groups excluding carboxylic acids is 1. The molecule has 0 N–H and O–H groups in total. The molecule has 0 radical (unpaired) electrons. The van der Waals surface area contributed by atoms with E-state index in [-0.39, 0.29) is 18.6 Å². The summed E-state index contributed by atoms with van der Waals surface area (Å²) in [6.07, 6.45) is 2.88. The molecule has 1 amide bonds. The van der Waals surface area contributed by atoms with Crippen LogP contribution < -0.4 is 4.74 Å². The molecule has 1 atom stereocenters. The molecule has 23 heavy (non-hydrogen) atoms. The van der Waals surface area contributed by atoms with E-state index in [4.69, 9.17) is 9.26 Å². The quantitative estimate of drug-likeness (QED) is 0.868. The van der Waals surface area contributed by atoms with Gasteiger partial charge in [0.15, 0.2) is 12.4 Å². The molecule has 2 heterocycles. The van der Waals surface area contributed by atoms with E-state index in [0.717, 1.165) is 30.6 Å². The van der Waals surface area contributed by atoms with Crippen LogP contribution in [-0.2, 0) is 4.79 Å². The fourth-order valence-corrected chi connectivity index (χ4v) is 2.88. The Bertz CT molecular complexity index is 683. The largest absolute Gasteiger partial charge is 0.484 e. The first-order valence-electron chi connectivity index (χ1n) is 7.93. The molecule has 0 aliphatic carbocycles. The second-order valence-corrected chi connectivity index (χ2v) is 5.83. The Kier molecular flexibility index (Phi) is 4.60. The Hall–Kier alpha value is -2.37. The van der Waals surface area contributed by atoms with E-state index in [1.165, 1.54) is 0 Å². The smallest absolute Gasteiger partial charge is 0.261 e. The molecule has 1 aliphatic rings. The van der Waals surface area contributed by atoms with Crippen LogP contribution in [0, 0.1) is 13.8 Å². The Balaban J connectivity index is 1.68. The highest BCUT2D eigenvalue weighted by atomic mass is 16.5. The maximum absolute atomic E-state index is 12.6. The van der Waals surface area contributed by atoms with Crippen LogP contribution in [0.5, 0.6) is 5.75 Å². The van der Waals surface area contributed by atoms with Gasteiger partial charge in [0.2, 0.25) is 5.89 Å². The summed E-state index contributed by atoms with van der Waals surface area (Å²) in [6, 6.07) is 7.54. The summed E-state index contributed by atoms with van der Waals surface area (Å²) < 4.78 is 11.0. The highest BCUT2D eigenvalue weighted by molar-refractivity contribution is 5.78. The number of amides is 1. The molecule has 1 aromatic heterocycles. The van der Waals surface area contributed by atoms with Gasteiger partial charge in [-0.25, -0.2) is 0 Å². The number of hydrogen-bond acceptors (Lipinski definition) is 5. The van der Waals surface area contributed by atoms with Crippen molar-refractivity contribution < 1.29 is 14.1 Å². The van der Waals surface area contributed by atoms with E-state index >= 15 is 0 Å². The van der Waals surface area contributed by atoms with Gasteiger partial charge in [-0.2, -0.15) is 4.98 Å². The summed E-state index contributed by atoms with van der Waals surface area (Å²) >= 11 is 0. The third-order valence-corrected chi connectivity index (χ3v) is 4.10. The van der Waals surface area contributed by atoms with E-state index < -0.39 is 0 Å². The third-order valence-electron chi connectivity index (χ3n) is 4.10. The third kappa shape index (κ3) is 3.52. The molecule has 122 valence electrons. The predicted molar refractivity (Wildman–Crippen MR) is 84.0 cm³/mol. The van der Waals surface area contributed by atoms with Crippen LogP contribution >= 0.6 is 0 Å². The van der Waals surface area contributed by atoms with Gasteiger partial charge in [-0.05, 0) is 44.7 Å². The minimum Gasteiger partial charge on any atom is -0.484 e. The zero-order chi connectivity index (χ0) is 16.2. The van der Waals surface area contributed by atoms with Gasteiger partial charge in [0.25, 0.3) is 5.91 Å². The number of benzene rings is 1. The molecular weight excluding hydrogens is 294 g/mol. The van der Waals surface area contributed by atoms with Gasteiger partial charge in [0.1, 0.15) is 11.8 Å². The molecule has 1 saturated heterocycles. The van der Waals surface area contributed by atoms with Crippen LogP contribution in [0.1, 0.15) is 42.6 Å². The van der Waals surface area contributed by atoms with Crippen LogP contribution in [0.15, 0.2) is 28.8 Å². The van der Waals surface area contributed by atoms with Gasteiger partial charge < -0.3 is 14.2 Å². The number of para-hydroxylation sites is 1. The second-order valence-electron chi connectivity index (χ2n) is 5.83. The number of rotatable bonds is 4. The maximum Gasteiger partial charge on any atom is 0.261 e. The van der Waals surface area contributed by atoms with E-state index in [0.29, 0.717) is 18.3 Å². The normalized spacial score (nSPS) is 18.0. The lowest BCUT2D eigenvalue weighted by molar-refractivity contribution is -0.138. The van der Waals surface area contributed by atoms with Crippen LogP contribution in [0.3, 0.4) is 0 Å². The van der Waals surface area contributed by atoms with Crippen molar-refractivity contribution >= 4 is 5.91 Å². The molecular formula is C17H21N3O3. The number of ether oxygens (including phenoxy) is 1. The first-order valence-corrected chi connectivity index (χ1v) is 7.93. The molecule has 0 bridgehead atoms. The number of nitrogens with zero attached hydrogens (tertiary/aromatic N) is 3. The van der Waals surface area contributed by atoms with E-state index in [1.807, 2.05) is 31.2 Å². The van der Waals surface area contributed by atoms with Crippen LogP contribution in [-0.4, -0.2) is 34.1 Å². The second kappa shape index (κ2) is 6.81. The topological polar surface area (TPSA) is 68.5 Å². The van der Waals surface area contributed by atoms with Crippen LogP contribution in [0.4, 0.5) is 0 Å². The summed E-state index contributed by atoms with van der Waals surface area (Å²) in [7, 11) is 0. The number of carbonyl (C=O) groups is 1. The molecule has 1 aromatic carbocycles. The van der Waals surface area contributed by atoms with E-state index in [2.05, 4.69) is 10.1 Å². The Morgan fingerprint density at radius 3 is 2.91 bits per heavy atom. The standard InChI is InChI=1S/C17H21N3O3/c1-12-7-3-4-9-15(12)22-11-16(21)20-10-6-5-8-14(20)17-18-13(2)19-23-17/h3-4,7,9,14H,5-6,8,10-11H2,1-2H3/t14-/m0/s1. The van der Waals surface area contributed by atoms with Gasteiger partial charge in [0.05, 0.1) is 0 Å². The lowest BCUT2D eigenvalue weighted by Gasteiger charge is -2.33. The Labute approximate surface area is 135 Å². The summed E-state index contributed by atoms with van der Waals surface area (Å²) in [6.45, 7) is 4.46. The monoisotopic (exact) mass is 315 g/mol. The molecule has 6 heteroatoms. The van der Waals surface area contributed by atoms with Gasteiger partial charge >= 0.3 is 0 Å². The molecule has 0 unspecified atom stereocenters. The maximum atomic E-state index is 12.6. The fourth-order valence-electron chi connectivity index (χ4n) is 2.88. The molecule has 0 spiro atoms.